The summed E-state index contributed by atoms with van der Waals surface area (Å²) in [5.74, 6) is -0.291. The Labute approximate surface area is 145 Å². The van der Waals surface area contributed by atoms with E-state index in [1.807, 2.05) is 12.2 Å². The van der Waals surface area contributed by atoms with Gasteiger partial charge >= 0.3 is 0 Å². The molecule has 0 fully saturated rings. The van der Waals surface area contributed by atoms with Crippen molar-refractivity contribution in [1.82, 2.24) is 4.98 Å². The summed E-state index contributed by atoms with van der Waals surface area (Å²) in [7, 11) is -3.76. The van der Waals surface area contributed by atoms with E-state index in [4.69, 9.17) is 5.73 Å². The van der Waals surface area contributed by atoms with Gasteiger partial charge in [-0.15, -0.1) is 0 Å². The number of nitrogens with zero attached hydrogens (tertiary/aromatic N) is 1. The number of aromatic nitrogens is 1. The van der Waals surface area contributed by atoms with Crippen molar-refractivity contribution >= 4 is 27.7 Å². The molecule has 0 aliphatic rings. The zero-order valence-electron chi connectivity index (χ0n) is 13.1. The van der Waals surface area contributed by atoms with Gasteiger partial charge in [-0.1, -0.05) is 36.4 Å². The quantitative estimate of drug-likeness (QED) is 0.723. The van der Waals surface area contributed by atoms with Crippen LogP contribution in [0.15, 0.2) is 76.8 Å². The third-order valence-corrected chi connectivity index (χ3v) is 5.33. The summed E-state index contributed by atoms with van der Waals surface area (Å²) in [6.07, 6.45) is 5.03. The molecule has 0 saturated carbocycles. The first-order chi connectivity index (χ1) is 12.0. The normalized spacial score (nSPS) is 11.7. The van der Waals surface area contributed by atoms with Gasteiger partial charge in [-0.25, -0.2) is 17.8 Å². The highest BCUT2D eigenvalue weighted by Crippen LogP contribution is 2.24. The van der Waals surface area contributed by atoms with E-state index >= 15 is 0 Å². The van der Waals surface area contributed by atoms with E-state index in [1.165, 1.54) is 36.5 Å². The average molecular weight is 354 g/mol. The molecule has 2 N–H and O–H groups in total. The topological polar surface area (TPSA) is 73.0 Å². The van der Waals surface area contributed by atoms with Crippen molar-refractivity contribution in [3.05, 3.63) is 83.8 Å². The number of sulfone groups is 1. The summed E-state index contributed by atoms with van der Waals surface area (Å²) in [6.45, 7) is 0. The molecule has 1 aromatic heterocycles. The third kappa shape index (κ3) is 3.75. The maximum Gasteiger partial charge on any atom is 0.225 e. The number of nitrogen functional groups attached to an aromatic ring is 1. The summed E-state index contributed by atoms with van der Waals surface area (Å²) in [6, 6.07) is 15.6. The molecule has 0 bridgehead atoms. The van der Waals surface area contributed by atoms with Crippen LogP contribution in [0.25, 0.3) is 12.2 Å². The minimum absolute atomic E-state index is 0.114. The van der Waals surface area contributed by atoms with Crippen LogP contribution in [0.5, 0.6) is 0 Å². The summed E-state index contributed by atoms with van der Waals surface area (Å²) in [4.78, 5) is 4.00. The Bertz CT molecular complexity index is 1010. The van der Waals surface area contributed by atoms with Crippen LogP contribution in [0, 0.1) is 5.82 Å². The fourth-order valence-electron chi connectivity index (χ4n) is 2.26. The Morgan fingerprint density at radius 3 is 2.00 bits per heavy atom. The number of hydrogen-bond donors (Lipinski definition) is 1. The molecule has 0 amide bonds. The van der Waals surface area contributed by atoms with Gasteiger partial charge in [0.2, 0.25) is 9.84 Å². The Hall–Kier alpha value is -2.99. The van der Waals surface area contributed by atoms with Gasteiger partial charge in [0.25, 0.3) is 0 Å². The van der Waals surface area contributed by atoms with E-state index in [0.29, 0.717) is 0 Å². The standard InChI is InChI=1S/C19H15FN2O2S/c20-16-9-5-14(6-10-16)3-4-15-7-11-17(12-8-15)25(23,24)19-18(21)2-1-13-22-19/h1-13H,21H2/b4-3+. The van der Waals surface area contributed by atoms with Gasteiger partial charge < -0.3 is 5.73 Å². The lowest BCUT2D eigenvalue weighted by molar-refractivity contribution is 0.593. The SMILES string of the molecule is Nc1cccnc1S(=O)(=O)c1ccc(/C=C/c2ccc(F)cc2)cc1. The Kier molecular flexibility index (Phi) is 4.63. The maximum atomic E-state index is 12.9. The highest BCUT2D eigenvalue weighted by molar-refractivity contribution is 7.91. The monoisotopic (exact) mass is 354 g/mol. The summed E-state index contributed by atoms with van der Waals surface area (Å²) >= 11 is 0. The molecule has 2 aromatic carbocycles. The van der Waals surface area contributed by atoms with Crippen LogP contribution < -0.4 is 5.73 Å². The first-order valence-electron chi connectivity index (χ1n) is 7.46. The van der Waals surface area contributed by atoms with Crippen LogP contribution in [-0.4, -0.2) is 13.4 Å². The minimum Gasteiger partial charge on any atom is -0.396 e. The number of anilines is 1. The lowest BCUT2D eigenvalue weighted by Crippen LogP contribution is -2.07. The number of nitrogens with two attached hydrogens (primary N) is 1. The van der Waals surface area contributed by atoms with Crippen molar-refractivity contribution < 1.29 is 12.8 Å². The van der Waals surface area contributed by atoms with E-state index in [1.54, 1.807) is 30.3 Å². The van der Waals surface area contributed by atoms with Gasteiger partial charge in [0.15, 0.2) is 5.03 Å². The van der Waals surface area contributed by atoms with Crippen LogP contribution in [0.4, 0.5) is 10.1 Å². The van der Waals surface area contributed by atoms with E-state index in [2.05, 4.69) is 4.98 Å². The number of hydrogen-bond acceptors (Lipinski definition) is 4. The average Bonchev–Trinajstić information content (AvgIpc) is 2.62. The lowest BCUT2D eigenvalue weighted by atomic mass is 10.1. The second-order valence-electron chi connectivity index (χ2n) is 5.36. The predicted molar refractivity (Wildman–Crippen MR) is 95.9 cm³/mol. The van der Waals surface area contributed by atoms with Crippen molar-refractivity contribution in [2.24, 2.45) is 0 Å². The van der Waals surface area contributed by atoms with Crippen LogP contribution in [-0.2, 0) is 9.84 Å². The van der Waals surface area contributed by atoms with E-state index in [0.717, 1.165) is 11.1 Å². The van der Waals surface area contributed by atoms with Gasteiger partial charge in [0.1, 0.15) is 5.82 Å². The van der Waals surface area contributed by atoms with Crippen LogP contribution in [0.2, 0.25) is 0 Å². The molecule has 0 radical (unpaired) electrons. The molecule has 0 aliphatic heterocycles. The molecule has 0 spiro atoms. The van der Waals surface area contributed by atoms with Crippen LogP contribution >= 0.6 is 0 Å². The highest BCUT2D eigenvalue weighted by Gasteiger charge is 2.21. The van der Waals surface area contributed by atoms with Gasteiger partial charge in [-0.05, 0) is 47.5 Å². The predicted octanol–water partition coefficient (Wildman–Crippen LogP) is 3.81. The van der Waals surface area contributed by atoms with Gasteiger partial charge in [-0.3, -0.25) is 0 Å². The van der Waals surface area contributed by atoms with Gasteiger partial charge in [0.05, 0.1) is 10.6 Å². The molecule has 1 heterocycles. The molecule has 3 rings (SSSR count). The number of rotatable bonds is 4. The van der Waals surface area contributed by atoms with Crippen molar-refractivity contribution in [2.75, 3.05) is 5.73 Å². The van der Waals surface area contributed by atoms with Crippen molar-refractivity contribution in [3.63, 3.8) is 0 Å². The second-order valence-corrected chi connectivity index (χ2v) is 7.22. The fourth-order valence-corrected chi connectivity index (χ4v) is 3.56. The number of benzene rings is 2. The number of pyridine rings is 1. The molecule has 3 aromatic rings. The molecular weight excluding hydrogens is 339 g/mol. The summed E-state index contributed by atoms with van der Waals surface area (Å²) in [5.41, 5.74) is 7.49. The fraction of sp³-hybridized carbons (Fsp3) is 0. The van der Waals surface area contributed by atoms with Gasteiger partial charge in [0, 0.05) is 6.20 Å². The second kappa shape index (κ2) is 6.86. The van der Waals surface area contributed by atoms with Crippen molar-refractivity contribution in [2.45, 2.75) is 9.92 Å². The molecule has 6 heteroatoms. The van der Waals surface area contributed by atoms with Crippen LogP contribution in [0.1, 0.15) is 11.1 Å². The minimum atomic E-state index is -3.76. The Morgan fingerprint density at radius 1 is 0.880 bits per heavy atom. The molecule has 0 atom stereocenters. The first-order valence-corrected chi connectivity index (χ1v) is 8.94. The first kappa shape index (κ1) is 16.9. The van der Waals surface area contributed by atoms with E-state index in [9.17, 15) is 12.8 Å². The third-order valence-electron chi connectivity index (χ3n) is 3.58. The molecular formula is C19H15FN2O2S. The molecule has 126 valence electrons. The molecule has 0 unspecified atom stereocenters. The van der Waals surface area contributed by atoms with Crippen molar-refractivity contribution in [1.29, 1.82) is 0 Å². The maximum absolute atomic E-state index is 12.9. The largest absolute Gasteiger partial charge is 0.396 e. The molecule has 4 nitrogen and oxygen atoms in total. The number of halogens is 1. The zero-order valence-corrected chi connectivity index (χ0v) is 13.9. The molecule has 0 aliphatic carbocycles. The lowest BCUT2D eigenvalue weighted by Gasteiger charge is -2.06. The Morgan fingerprint density at radius 2 is 1.44 bits per heavy atom. The van der Waals surface area contributed by atoms with Crippen LogP contribution in [0.3, 0.4) is 0 Å². The smallest absolute Gasteiger partial charge is 0.225 e. The zero-order chi connectivity index (χ0) is 17.9. The Balaban J connectivity index is 1.85. The molecule has 0 saturated heterocycles. The molecule has 25 heavy (non-hydrogen) atoms. The summed E-state index contributed by atoms with van der Waals surface area (Å²) < 4.78 is 38.0. The van der Waals surface area contributed by atoms with E-state index in [-0.39, 0.29) is 21.4 Å². The van der Waals surface area contributed by atoms with E-state index < -0.39 is 9.84 Å². The highest BCUT2D eigenvalue weighted by atomic mass is 32.2. The summed E-state index contributed by atoms with van der Waals surface area (Å²) in [5, 5.41) is -0.149. The van der Waals surface area contributed by atoms with Gasteiger partial charge in [-0.2, -0.15) is 0 Å². The van der Waals surface area contributed by atoms with Crippen molar-refractivity contribution in [3.8, 4) is 0 Å².